The molecule has 1 aromatic rings. The number of benzene rings is 1. The second-order valence-corrected chi connectivity index (χ2v) is 7.14. The first kappa shape index (κ1) is 18.0. The Morgan fingerprint density at radius 3 is 2.48 bits per heavy atom. The highest BCUT2D eigenvalue weighted by molar-refractivity contribution is 7.86. The number of hydrogen-bond donors (Lipinski definition) is 1. The summed E-state index contributed by atoms with van der Waals surface area (Å²) in [5.74, 6) is 0.314. The molecule has 23 heavy (non-hydrogen) atoms. The molecule has 0 spiro atoms. The fourth-order valence-electron chi connectivity index (χ4n) is 2.73. The summed E-state index contributed by atoms with van der Waals surface area (Å²) < 4.78 is 33.0. The number of nitrogens with zero attached hydrogens (tertiary/aromatic N) is 2. The van der Waals surface area contributed by atoms with Crippen molar-refractivity contribution in [3.8, 4) is 5.75 Å². The first-order valence-electron chi connectivity index (χ1n) is 7.62. The van der Waals surface area contributed by atoms with Crippen LogP contribution in [-0.4, -0.2) is 66.0 Å². The summed E-state index contributed by atoms with van der Waals surface area (Å²) in [7, 11) is -1.87. The predicted molar refractivity (Wildman–Crippen MR) is 90.3 cm³/mol. The average molecular weight is 343 g/mol. The number of hydrogen-bond acceptors (Lipinski definition) is 7. The molecule has 0 bridgehead atoms. The van der Waals surface area contributed by atoms with Crippen LogP contribution in [0.5, 0.6) is 5.75 Å². The van der Waals surface area contributed by atoms with Crippen LogP contribution in [0.2, 0.25) is 0 Å². The molecule has 1 saturated heterocycles. The minimum Gasteiger partial charge on any atom is -0.383 e. The summed E-state index contributed by atoms with van der Waals surface area (Å²) in [6.07, 6.45) is 1.04. The SMILES string of the molecule is COCCN1CCN(c2cccc(OS(C)(=O)=O)c2CN)CC1. The van der Waals surface area contributed by atoms with Crippen LogP contribution in [0.3, 0.4) is 0 Å². The van der Waals surface area contributed by atoms with E-state index >= 15 is 0 Å². The Kier molecular flexibility index (Phi) is 6.23. The highest BCUT2D eigenvalue weighted by Crippen LogP contribution is 2.30. The van der Waals surface area contributed by atoms with Crippen LogP contribution in [0.15, 0.2) is 18.2 Å². The average Bonchev–Trinajstić information content (AvgIpc) is 2.51. The molecule has 1 aliphatic rings. The third-order valence-electron chi connectivity index (χ3n) is 3.88. The smallest absolute Gasteiger partial charge is 0.306 e. The van der Waals surface area contributed by atoms with E-state index in [1.54, 1.807) is 19.2 Å². The van der Waals surface area contributed by atoms with Gasteiger partial charge in [-0.05, 0) is 12.1 Å². The van der Waals surface area contributed by atoms with E-state index in [2.05, 4.69) is 9.80 Å². The quantitative estimate of drug-likeness (QED) is 0.711. The van der Waals surface area contributed by atoms with E-state index in [4.69, 9.17) is 14.7 Å². The first-order chi connectivity index (χ1) is 10.9. The van der Waals surface area contributed by atoms with Gasteiger partial charge in [0.2, 0.25) is 0 Å². The Morgan fingerprint density at radius 1 is 1.22 bits per heavy atom. The van der Waals surface area contributed by atoms with Crippen molar-refractivity contribution in [3.05, 3.63) is 23.8 Å². The molecule has 0 radical (unpaired) electrons. The second-order valence-electron chi connectivity index (χ2n) is 5.57. The molecule has 1 aromatic carbocycles. The molecule has 0 aromatic heterocycles. The van der Waals surface area contributed by atoms with Crippen LogP contribution < -0.4 is 14.8 Å². The normalized spacial score (nSPS) is 16.6. The first-order valence-corrected chi connectivity index (χ1v) is 9.44. The lowest BCUT2D eigenvalue weighted by Crippen LogP contribution is -2.47. The van der Waals surface area contributed by atoms with Gasteiger partial charge in [0.25, 0.3) is 0 Å². The summed E-state index contributed by atoms with van der Waals surface area (Å²) >= 11 is 0. The molecule has 8 heteroatoms. The zero-order valence-electron chi connectivity index (χ0n) is 13.7. The van der Waals surface area contributed by atoms with Crippen molar-refractivity contribution in [3.63, 3.8) is 0 Å². The lowest BCUT2D eigenvalue weighted by Gasteiger charge is -2.37. The fraction of sp³-hybridized carbons (Fsp3) is 0.600. The van der Waals surface area contributed by atoms with Gasteiger partial charge in [0, 0.05) is 57.6 Å². The molecule has 0 amide bonds. The number of piperazine rings is 1. The zero-order chi connectivity index (χ0) is 16.9. The fourth-order valence-corrected chi connectivity index (χ4v) is 3.21. The van der Waals surface area contributed by atoms with Gasteiger partial charge in [-0.15, -0.1) is 0 Å². The summed E-state index contributed by atoms with van der Waals surface area (Å²) in [5, 5.41) is 0. The highest BCUT2D eigenvalue weighted by Gasteiger charge is 2.21. The van der Waals surface area contributed by atoms with Gasteiger partial charge >= 0.3 is 10.1 Å². The van der Waals surface area contributed by atoms with E-state index in [9.17, 15) is 8.42 Å². The van der Waals surface area contributed by atoms with Crippen molar-refractivity contribution in [2.75, 3.05) is 57.6 Å². The van der Waals surface area contributed by atoms with Gasteiger partial charge in [0.1, 0.15) is 5.75 Å². The van der Waals surface area contributed by atoms with Gasteiger partial charge in [-0.1, -0.05) is 6.07 Å². The number of nitrogens with two attached hydrogens (primary N) is 1. The van der Waals surface area contributed by atoms with Crippen LogP contribution in [-0.2, 0) is 21.4 Å². The van der Waals surface area contributed by atoms with Crippen LogP contribution in [0.1, 0.15) is 5.56 Å². The number of rotatable bonds is 7. The molecule has 0 aliphatic carbocycles. The van der Waals surface area contributed by atoms with Crippen molar-refractivity contribution in [2.24, 2.45) is 5.73 Å². The van der Waals surface area contributed by atoms with Crippen molar-refractivity contribution in [1.82, 2.24) is 4.90 Å². The Morgan fingerprint density at radius 2 is 1.91 bits per heavy atom. The van der Waals surface area contributed by atoms with Crippen LogP contribution in [0.25, 0.3) is 0 Å². The second kappa shape index (κ2) is 7.96. The zero-order valence-corrected chi connectivity index (χ0v) is 14.5. The third-order valence-corrected chi connectivity index (χ3v) is 4.36. The van der Waals surface area contributed by atoms with Gasteiger partial charge in [-0.2, -0.15) is 8.42 Å². The minimum atomic E-state index is -3.57. The topological polar surface area (TPSA) is 85.1 Å². The molecule has 0 unspecified atom stereocenters. The molecule has 1 aliphatic heterocycles. The highest BCUT2D eigenvalue weighted by atomic mass is 32.2. The van der Waals surface area contributed by atoms with Crippen molar-refractivity contribution >= 4 is 15.8 Å². The monoisotopic (exact) mass is 343 g/mol. The molecule has 1 fully saturated rings. The van der Waals surface area contributed by atoms with Gasteiger partial charge in [-0.3, -0.25) is 4.90 Å². The molecular formula is C15H25N3O4S. The molecular weight excluding hydrogens is 318 g/mol. The van der Waals surface area contributed by atoms with Gasteiger partial charge in [0.15, 0.2) is 0 Å². The third kappa shape index (κ3) is 5.07. The van der Waals surface area contributed by atoms with E-state index in [-0.39, 0.29) is 6.54 Å². The van der Waals surface area contributed by atoms with Gasteiger partial charge < -0.3 is 19.6 Å². The maximum atomic E-state index is 11.4. The number of methoxy groups -OCH3 is 1. The Hall–Kier alpha value is -1.35. The van der Waals surface area contributed by atoms with E-state index < -0.39 is 10.1 Å². The Labute approximate surface area is 138 Å². The lowest BCUT2D eigenvalue weighted by atomic mass is 10.1. The van der Waals surface area contributed by atoms with E-state index in [0.29, 0.717) is 5.75 Å². The molecule has 2 rings (SSSR count). The minimum absolute atomic E-state index is 0.227. The van der Waals surface area contributed by atoms with Gasteiger partial charge in [0.05, 0.1) is 12.9 Å². The number of ether oxygens (including phenoxy) is 1. The Bertz CT molecular complexity index is 613. The summed E-state index contributed by atoms with van der Waals surface area (Å²) in [4.78, 5) is 4.57. The van der Waals surface area contributed by atoms with E-state index in [1.807, 2.05) is 6.07 Å². The lowest BCUT2D eigenvalue weighted by molar-refractivity contribution is 0.144. The van der Waals surface area contributed by atoms with E-state index in [1.165, 1.54) is 0 Å². The molecule has 0 saturated carbocycles. The summed E-state index contributed by atoms with van der Waals surface area (Å²) in [6, 6.07) is 5.40. The standard InChI is InChI=1S/C15H25N3O4S/c1-21-11-10-17-6-8-18(9-7-17)14-4-3-5-15(13(14)12-16)22-23(2,19)20/h3-5H,6-12,16H2,1-2H3. The summed E-state index contributed by atoms with van der Waals surface area (Å²) in [6.45, 7) is 5.47. The molecule has 2 N–H and O–H groups in total. The predicted octanol–water partition coefficient (Wildman–Crippen LogP) is 0.252. The van der Waals surface area contributed by atoms with Crippen LogP contribution >= 0.6 is 0 Å². The van der Waals surface area contributed by atoms with Crippen molar-refractivity contribution in [1.29, 1.82) is 0 Å². The Balaban J connectivity index is 2.13. The van der Waals surface area contributed by atoms with Crippen molar-refractivity contribution < 1.29 is 17.3 Å². The maximum absolute atomic E-state index is 11.4. The largest absolute Gasteiger partial charge is 0.383 e. The molecule has 0 atom stereocenters. The molecule has 130 valence electrons. The van der Waals surface area contributed by atoms with E-state index in [0.717, 1.165) is 56.8 Å². The summed E-state index contributed by atoms with van der Waals surface area (Å²) in [5.41, 5.74) is 7.51. The number of anilines is 1. The maximum Gasteiger partial charge on any atom is 0.306 e. The van der Waals surface area contributed by atoms with Crippen molar-refractivity contribution in [2.45, 2.75) is 6.54 Å². The van der Waals surface area contributed by atoms with Crippen LogP contribution in [0.4, 0.5) is 5.69 Å². The van der Waals surface area contributed by atoms with Gasteiger partial charge in [-0.25, -0.2) is 0 Å². The molecule has 1 heterocycles. The molecule has 7 nitrogen and oxygen atoms in total. The van der Waals surface area contributed by atoms with Crippen LogP contribution in [0, 0.1) is 0 Å².